The Kier molecular flexibility index (Phi) is 7.92. The van der Waals surface area contributed by atoms with Gasteiger partial charge in [-0.25, -0.2) is 14.4 Å². The molecule has 38 heavy (non-hydrogen) atoms. The molecule has 0 saturated heterocycles. The number of carbonyl (C=O) groups excluding carboxylic acids is 1. The molecule has 10 heteroatoms. The summed E-state index contributed by atoms with van der Waals surface area (Å²) in [6, 6.07) is 10.6. The maximum Gasteiger partial charge on any atom is 0.247 e. The Morgan fingerprint density at radius 2 is 1.95 bits per heavy atom. The van der Waals surface area contributed by atoms with Crippen molar-refractivity contribution in [2.75, 3.05) is 56.9 Å². The Hall–Kier alpha value is -4.44. The third-order valence-electron chi connectivity index (χ3n) is 6.18. The fraction of sp³-hybridized carbons (Fsp3) is 0.250. The average Bonchev–Trinajstić information content (AvgIpc) is 3.28. The molecule has 0 fully saturated rings. The molecular formula is C28H32FN7O2. The van der Waals surface area contributed by atoms with E-state index in [-0.39, 0.29) is 11.7 Å². The van der Waals surface area contributed by atoms with E-state index in [1.807, 2.05) is 57.5 Å². The molecule has 2 aromatic carbocycles. The van der Waals surface area contributed by atoms with Gasteiger partial charge in [0, 0.05) is 56.6 Å². The largest absolute Gasteiger partial charge is 0.494 e. The SMILES string of the molecule is C=CC(=O)Nc1cc(Nc2nccc(-c3cc(F)c4c(ccn4C)c3)n2)c(OC)cc1N(C)CCN(C)C. The number of methoxy groups -OCH3 is 1. The van der Waals surface area contributed by atoms with Crippen LogP contribution < -0.4 is 20.3 Å². The van der Waals surface area contributed by atoms with Crippen LogP contribution in [0.2, 0.25) is 0 Å². The summed E-state index contributed by atoms with van der Waals surface area (Å²) in [5.74, 6) is 0.180. The van der Waals surface area contributed by atoms with E-state index in [1.165, 1.54) is 12.1 Å². The highest BCUT2D eigenvalue weighted by Crippen LogP contribution is 2.38. The minimum Gasteiger partial charge on any atom is -0.494 e. The number of rotatable bonds is 10. The van der Waals surface area contributed by atoms with Crippen molar-refractivity contribution < 1.29 is 13.9 Å². The Labute approximate surface area is 221 Å². The van der Waals surface area contributed by atoms with Crippen LogP contribution >= 0.6 is 0 Å². The third kappa shape index (κ3) is 5.76. The maximum absolute atomic E-state index is 14.8. The summed E-state index contributed by atoms with van der Waals surface area (Å²) in [5, 5.41) is 6.85. The van der Waals surface area contributed by atoms with Crippen molar-refractivity contribution in [3.8, 4) is 17.0 Å². The molecule has 198 valence electrons. The fourth-order valence-electron chi connectivity index (χ4n) is 4.14. The molecule has 0 aliphatic rings. The molecule has 0 atom stereocenters. The van der Waals surface area contributed by atoms with E-state index in [2.05, 4.69) is 32.1 Å². The fourth-order valence-corrected chi connectivity index (χ4v) is 4.14. The van der Waals surface area contributed by atoms with Gasteiger partial charge in [-0.2, -0.15) is 0 Å². The number of halogens is 1. The Balaban J connectivity index is 1.69. The van der Waals surface area contributed by atoms with Crippen molar-refractivity contribution in [2.24, 2.45) is 7.05 Å². The molecule has 2 N–H and O–H groups in total. The van der Waals surface area contributed by atoms with Crippen LogP contribution in [-0.4, -0.2) is 66.7 Å². The normalized spacial score (nSPS) is 11.0. The molecule has 4 rings (SSSR count). The molecular weight excluding hydrogens is 485 g/mol. The van der Waals surface area contributed by atoms with Gasteiger partial charge in [0.05, 0.1) is 35.4 Å². The van der Waals surface area contributed by atoms with Crippen molar-refractivity contribution in [1.82, 2.24) is 19.4 Å². The highest BCUT2D eigenvalue weighted by Gasteiger charge is 2.17. The van der Waals surface area contributed by atoms with Gasteiger partial charge in [0.25, 0.3) is 0 Å². The number of aromatic nitrogens is 3. The molecule has 0 radical (unpaired) electrons. The van der Waals surface area contributed by atoms with E-state index < -0.39 is 0 Å². The molecule has 0 aliphatic heterocycles. The number of ether oxygens (including phenoxy) is 1. The molecule has 4 aromatic rings. The monoisotopic (exact) mass is 517 g/mol. The lowest BCUT2D eigenvalue weighted by Crippen LogP contribution is -2.29. The second kappa shape index (κ2) is 11.3. The Morgan fingerprint density at radius 1 is 1.16 bits per heavy atom. The van der Waals surface area contributed by atoms with Crippen LogP contribution in [-0.2, 0) is 11.8 Å². The van der Waals surface area contributed by atoms with Gasteiger partial charge in [-0.1, -0.05) is 6.58 Å². The number of aryl methyl sites for hydroxylation is 1. The van der Waals surface area contributed by atoms with Gasteiger partial charge in [-0.3, -0.25) is 4.79 Å². The molecule has 9 nitrogen and oxygen atoms in total. The first-order valence-electron chi connectivity index (χ1n) is 12.1. The topological polar surface area (TPSA) is 87.5 Å². The van der Waals surface area contributed by atoms with Crippen LogP contribution in [0.15, 0.2) is 61.4 Å². The number of anilines is 4. The summed E-state index contributed by atoms with van der Waals surface area (Å²) in [4.78, 5) is 25.3. The number of hydrogen-bond acceptors (Lipinski definition) is 7. The predicted octanol–water partition coefficient (Wildman–Crippen LogP) is 4.65. The van der Waals surface area contributed by atoms with E-state index in [9.17, 15) is 9.18 Å². The number of likely N-dealkylation sites (N-methyl/N-ethyl adjacent to an activating group) is 2. The lowest BCUT2D eigenvalue weighted by Gasteiger charge is -2.26. The van der Waals surface area contributed by atoms with Gasteiger partial charge in [-0.15, -0.1) is 0 Å². The van der Waals surface area contributed by atoms with Gasteiger partial charge < -0.3 is 29.7 Å². The van der Waals surface area contributed by atoms with Gasteiger partial charge >= 0.3 is 0 Å². The van der Waals surface area contributed by atoms with E-state index >= 15 is 0 Å². The number of hydrogen-bond donors (Lipinski definition) is 2. The van der Waals surface area contributed by atoms with Crippen molar-refractivity contribution >= 4 is 39.8 Å². The molecule has 0 bridgehead atoms. The van der Waals surface area contributed by atoms with Gasteiger partial charge in [0.15, 0.2) is 0 Å². The van der Waals surface area contributed by atoms with Crippen LogP contribution in [0.3, 0.4) is 0 Å². The average molecular weight is 518 g/mol. The second-order valence-corrected chi connectivity index (χ2v) is 9.20. The molecule has 0 unspecified atom stereocenters. The number of nitrogens with zero attached hydrogens (tertiary/aromatic N) is 5. The molecule has 2 aromatic heterocycles. The summed E-state index contributed by atoms with van der Waals surface area (Å²) < 4.78 is 22.2. The molecule has 1 amide bonds. The van der Waals surface area contributed by atoms with Crippen LogP contribution in [0.5, 0.6) is 5.75 Å². The minimum absolute atomic E-state index is 0.295. The number of fused-ring (bicyclic) bond motifs is 1. The van der Waals surface area contributed by atoms with Gasteiger partial charge in [0.1, 0.15) is 11.6 Å². The quantitative estimate of drug-likeness (QED) is 0.296. The predicted molar refractivity (Wildman–Crippen MR) is 151 cm³/mol. The van der Waals surface area contributed by atoms with Gasteiger partial charge in [-0.05, 0) is 50.5 Å². The summed E-state index contributed by atoms with van der Waals surface area (Å²) in [6.07, 6.45) is 4.64. The number of nitrogens with one attached hydrogen (secondary N) is 2. The summed E-state index contributed by atoms with van der Waals surface area (Å²) >= 11 is 0. The first-order valence-corrected chi connectivity index (χ1v) is 12.1. The van der Waals surface area contributed by atoms with Crippen LogP contribution in [0.4, 0.5) is 27.4 Å². The maximum atomic E-state index is 14.8. The zero-order valence-corrected chi connectivity index (χ0v) is 22.2. The standard InChI is InChI=1S/C28H32FN7O2/c1-7-26(37)31-22-16-23(25(38-6)17-24(22)35(4)13-12-34(2)3)33-28-30-10-8-21(32-28)19-14-18-9-11-36(5)27(18)20(29)15-19/h7-11,14-17H,1,12-13H2,2-6H3,(H,31,37)(H,30,32,33). The van der Waals surface area contributed by atoms with Crippen LogP contribution in [0.25, 0.3) is 22.2 Å². The van der Waals surface area contributed by atoms with E-state index in [0.717, 1.165) is 24.2 Å². The lowest BCUT2D eigenvalue weighted by atomic mass is 10.1. The zero-order valence-electron chi connectivity index (χ0n) is 22.2. The first kappa shape index (κ1) is 26.6. The van der Waals surface area contributed by atoms with Gasteiger partial charge in [0.2, 0.25) is 11.9 Å². The highest BCUT2D eigenvalue weighted by atomic mass is 19.1. The third-order valence-corrected chi connectivity index (χ3v) is 6.18. The minimum atomic E-state index is -0.333. The summed E-state index contributed by atoms with van der Waals surface area (Å²) in [6.45, 7) is 5.11. The lowest BCUT2D eigenvalue weighted by molar-refractivity contribution is -0.111. The second-order valence-electron chi connectivity index (χ2n) is 9.20. The van der Waals surface area contributed by atoms with E-state index in [0.29, 0.717) is 39.8 Å². The number of carbonyl (C=O) groups is 1. The Morgan fingerprint density at radius 3 is 2.66 bits per heavy atom. The van der Waals surface area contributed by atoms with Crippen LogP contribution in [0.1, 0.15) is 0 Å². The smallest absolute Gasteiger partial charge is 0.247 e. The van der Waals surface area contributed by atoms with Crippen molar-refractivity contribution in [2.45, 2.75) is 0 Å². The molecule has 0 saturated carbocycles. The molecule has 2 heterocycles. The first-order chi connectivity index (χ1) is 18.2. The molecule has 0 spiro atoms. The van der Waals surface area contributed by atoms with Crippen molar-refractivity contribution in [3.05, 3.63) is 67.3 Å². The number of amides is 1. The summed E-state index contributed by atoms with van der Waals surface area (Å²) in [5.41, 5.74) is 3.65. The van der Waals surface area contributed by atoms with E-state index in [1.54, 1.807) is 30.0 Å². The molecule has 0 aliphatic carbocycles. The highest BCUT2D eigenvalue weighted by molar-refractivity contribution is 6.02. The van der Waals surface area contributed by atoms with E-state index in [4.69, 9.17) is 4.74 Å². The number of benzene rings is 2. The van der Waals surface area contributed by atoms with Crippen molar-refractivity contribution in [1.29, 1.82) is 0 Å². The van der Waals surface area contributed by atoms with Crippen molar-refractivity contribution in [3.63, 3.8) is 0 Å². The van der Waals surface area contributed by atoms with Crippen LogP contribution in [0, 0.1) is 5.82 Å². The summed E-state index contributed by atoms with van der Waals surface area (Å²) in [7, 11) is 9.33. The zero-order chi connectivity index (χ0) is 27.4. The Bertz CT molecular complexity index is 1480.